The Bertz CT molecular complexity index is 644. The molecule has 0 amide bonds. The number of aromatic nitrogens is 3. The Hall–Kier alpha value is -1.67. The summed E-state index contributed by atoms with van der Waals surface area (Å²) >= 11 is 0. The van der Waals surface area contributed by atoms with Crippen LogP contribution in [0.1, 0.15) is 13.8 Å². The van der Waals surface area contributed by atoms with Crippen LogP contribution in [-0.4, -0.2) is 41.4 Å². The van der Waals surface area contributed by atoms with Gasteiger partial charge in [0.1, 0.15) is 0 Å². The summed E-state index contributed by atoms with van der Waals surface area (Å²) < 4.78 is 26.6. The molecule has 0 aromatic carbocycles. The minimum atomic E-state index is -3.25. The Kier molecular flexibility index (Phi) is 3.46. The van der Waals surface area contributed by atoms with Crippen molar-refractivity contribution in [1.82, 2.24) is 19.3 Å². The number of sulfonamides is 1. The number of anilines is 1. The molecule has 0 spiro atoms. The van der Waals surface area contributed by atoms with Crippen molar-refractivity contribution in [2.24, 2.45) is 0 Å². The first kappa shape index (κ1) is 13.8. The minimum absolute atomic E-state index is 0.386. The van der Waals surface area contributed by atoms with Gasteiger partial charge in [0, 0.05) is 18.3 Å². The van der Waals surface area contributed by atoms with Crippen molar-refractivity contribution in [3.63, 3.8) is 0 Å². The van der Waals surface area contributed by atoms with E-state index in [-0.39, 0.29) is 0 Å². The van der Waals surface area contributed by atoms with Crippen molar-refractivity contribution in [1.29, 1.82) is 0 Å². The summed E-state index contributed by atoms with van der Waals surface area (Å²) in [5, 5.41) is 7.26. The summed E-state index contributed by atoms with van der Waals surface area (Å²) in [7, 11) is -3.25. The van der Waals surface area contributed by atoms with Gasteiger partial charge in [0.15, 0.2) is 5.65 Å². The lowest BCUT2D eigenvalue weighted by atomic mass is 10.1. The highest BCUT2D eigenvalue weighted by Gasteiger charge is 2.22. The number of hydrogen-bond acceptors (Lipinski definition) is 5. The highest BCUT2D eigenvalue weighted by atomic mass is 32.2. The number of nitrogens with one attached hydrogen (secondary N) is 2. The van der Waals surface area contributed by atoms with Gasteiger partial charge in [-0.25, -0.2) is 17.7 Å². The van der Waals surface area contributed by atoms with Crippen LogP contribution in [0.4, 0.5) is 5.95 Å². The molecule has 2 N–H and O–H groups in total. The Morgan fingerprint density at radius 3 is 2.74 bits per heavy atom. The molecule has 0 atom stereocenters. The second-order valence-electron chi connectivity index (χ2n) is 5.05. The van der Waals surface area contributed by atoms with Crippen molar-refractivity contribution in [3.05, 3.63) is 24.4 Å². The van der Waals surface area contributed by atoms with Crippen LogP contribution in [-0.2, 0) is 10.0 Å². The van der Waals surface area contributed by atoms with Crippen LogP contribution in [0.25, 0.3) is 5.65 Å². The molecule has 2 aromatic rings. The van der Waals surface area contributed by atoms with Gasteiger partial charge in [-0.2, -0.15) is 4.98 Å². The van der Waals surface area contributed by atoms with E-state index in [1.54, 1.807) is 24.6 Å². The topological polar surface area (TPSA) is 88.4 Å². The maximum Gasteiger partial charge on any atom is 0.243 e. The number of pyridine rings is 1. The molecule has 2 aromatic heterocycles. The normalized spacial score (nSPS) is 12.8. The van der Waals surface area contributed by atoms with E-state index >= 15 is 0 Å². The quantitative estimate of drug-likeness (QED) is 0.832. The third-order valence-corrected chi connectivity index (χ3v) is 3.31. The summed E-state index contributed by atoms with van der Waals surface area (Å²) in [5.41, 5.74) is 0.115. The average molecular weight is 283 g/mol. The monoisotopic (exact) mass is 283 g/mol. The smallest absolute Gasteiger partial charge is 0.243 e. The molecule has 0 saturated heterocycles. The second kappa shape index (κ2) is 4.78. The summed E-state index contributed by atoms with van der Waals surface area (Å²) in [4.78, 5) is 4.28. The number of nitrogens with zero attached hydrogens (tertiary/aromatic N) is 3. The molecule has 2 heterocycles. The van der Waals surface area contributed by atoms with Gasteiger partial charge in [0.25, 0.3) is 0 Å². The Labute approximate surface area is 112 Å². The molecule has 2 rings (SSSR count). The number of fused-ring (bicyclic) bond motifs is 1. The van der Waals surface area contributed by atoms with Crippen LogP contribution in [0.5, 0.6) is 0 Å². The Morgan fingerprint density at radius 2 is 2.11 bits per heavy atom. The molecule has 0 aliphatic rings. The summed E-state index contributed by atoms with van der Waals surface area (Å²) in [6.07, 6.45) is 2.94. The average Bonchev–Trinajstić information content (AvgIpc) is 2.66. The molecule has 0 radical (unpaired) electrons. The molecular formula is C11H17N5O2S. The molecule has 0 aliphatic heterocycles. The molecule has 19 heavy (non-hydrogen) atoms. The third-order valence-electron chi connectivity index (χ3n) is 2.39. The lowest BCUT2D eigenvalue weighted by molar-refractivity contribution is 0.475. The highest BCUT2D eigenvalue weighted by molar-refractivity contribution is 7.88. The maximum absolute atomic E-state index is 11.2. The molecule has 0 aliphatic carbocycles. The van der Waals surface area contributed by atoms with E-state index in [4.69, 9.17) is 0 Å². The SMILES string of the molecule is CC(C)(CNc1nc2ccccn2n1)NS(C)(=O)=O. The van der Waals surface area contributed by atoms with Gasteiger partial charge < -0.3 is 5.32 Å². The van der Waals surface area contributed by atoms with Crippen LogP contribution >= 0.6 is 0 Å². The van der Waals surface area contributed by atoms with E-state index < -0.39 is 15.6 Å². The minimum Gasteiger partial charge on any atom is -0.351 e. The van der Waals surface area contributed by atoms with E-state index in [1.165, 1.54) is 0 Å². The van der Waals surface area contributed by atoms with Crippen molar-refractivity contribution in [2.45, 2.75) is 19.4 Å². The molecule has 8 heteroatoms. The fourth-order valence-corrected chi connectivity index (χ4v) is 2.82. The van der Waals surface area contributed by atoms with Crippen molar-refractivity contribution >= 4 is 21.6 Å². The van der Waals surface area contributed by atoms with E-state index in [9.17, 15) is 8.42 Å². The number of rotatable bonds is 5. The zero-order chi connectivity index (χ0) is 14.1. The lowest BCUT2D eigenvalue weighted by Crippen LogP contribution is -2.47. The molecule has 0 bridgehead atoms. The van der Waals surface area contributed by atoms with Gasteiger partial charge in [0.05, 0.1) is 6.26 Å². The molecule has 0 saturated carbocycles. The zero-order valence-corrected chi connectivity index (χ0v) is 11.9. The van der Waals surface area contributed by atoms with Crippen LogP contribution in [0.15, 0.2) is 24.4 Å². The predicted octanol–water partition coefficient (Wildman–Crippen LogP) is 0.469. The summed E-state index contributed by atoms with van der Waals surface area (Å²) in [5.74, 6) is 0.467. The first-order chi connectivity index (χ1) is 8.75. The third kappa shape index (κ3) is 3.90. The second-order valence-corrected chi connectivity index (χ2v) is 6.80. The van der Waals surface area contributed by atoms with Crippen molar-refractivity contribution in [3.8, 4) is 0 Å². The maximum atomic E-state index is 11.2. The molecule has 104 valence electrons. The molecule has 0 unspecified atom stereocenters. The van der Waals surface area contributed by atoms with Gasteiger partial charge in [-0.05, 0) is 26.0 Å². The summed E-state index contributed by atoms with van der Waals surface area (Å²) in [6, 6.07) is 5.58. The molecular weight excluding hydrogens is 266 g/mol. The highest BCUT2D eigenvalue weighted by Crippen LogP contribution is 2.08. The fraction of sp³-hybridized carbons (Fsp3) is 0.455. The first-order valence-corrected chi connectivity index (χ1v) is 7.69. The largest absolute Gasteiger partial charge is 0.351 e. The fourth-order valence-electron chi connectivity index (χ4n) is 1.74. The Morgan fingerprint density at radius 1 is 1.37 bits per heavy atom. The van der Waals surface area contributed by atoms with Gasteiger partial charge >= 0.3 is 0 Å². The van der Waals surface area contributed by atoms with Gasteiger partial charge in [-0.15, -0.1) is 5.10 Å². The molecule has 7 nitrogen and oxygen atoms in total. The first-order valence-electron chi connectivity index (χ1n) is 5.79. The number of hydrogen-bond donors (Lipinski definition) is 2. The van der Waals surface area contributed by atoms with Crippen molar-refractivity contribution < 1.29 is 8.42 Å². The van der Waals surface area contributed by atoms with E-state index in [0.717, 1.165) is 11.9 Å². The van der Waals surface area contributed by atoms with E-state index in [2.05, 4.69) is 20.1 Å². The lowest BCUT2D eigenvalue weighted by Gasteiger charge is -2.24. The summed E-state index contributed by atoms with van der Waals surface area (Å²) in [6.45, 7) is 3.96. The van der Waals surface area contributed by atoms with Crippen LogP contribution in [0.2, 0.25) is 0 Å². The van der Waals surface area contributed by atoms with Gasteiger partial charge in [-0.1, -0.05) is 6.07 Å². The van der Waals surface area contributed by atoms with Crippen molar-refractivity contribution in [2.75, 3.05) is 18.1 Å². The van der Waals surface area contributed by atoms with E-state index in [0.29, 0.717) is 12.5 Å². The standard InChI is InChI=1S/C11H17N5O2S/c1-11(2,15-19(3,17)18)8-12-10-13-9-6-4-5-7-16(9)14-10/h4-7,15H,8H2,1-3H3,(H,12,14). The van der Waals surface area contributed by atoms with Crippen LogP contribution < -0.4 is 10.0 Å². The van der Waals surface area contributed by atoms with Crippen LogP contribution in [0.3, 0.4) is 0 Å². The zero-order valence-electron chi connectivity index (χ0n) is 11.1. The van der Waals surface area contributed by atoms with Gasteiger partial charge in [0.2, 0.25) is 16.0 Å². The van der Waals surface area contributed by atoms with Gasteiger partial charge in [-0.3, -0.25) is 0 Å². The Balaban J connectivity index is 2.05. The van der Waals surface area contributed by atoms with Crippen LogP contribution in [0, 0.1) is 0 Å². The molecule has 0 fully saturated rings. The van der Waals surface area contributed by atoms with E-state index in [1.807, 2.05) is 18.2 Å². The predicted molar refractivity (Wildman–Crippen MR) is 73.5 cm³/mol.